The number of para-hydroxylation sites is 1. The molecule has 38 heavy (non-hydrogen) atoms. The number of furan rings is 1. The first-order valence-electron chi connectivity index (χ1n) is 12.6. The van der Waals surface area contributed by atoms with Crippen LogP contribution in [0.4, 0.5) is 8.78 Å². The number of aliphatic hydroxyl groups is 1. The van der Waals surface area contributed by atoms with Crippen molar-refractivity contribution in [2.24, 2.45) is 0 Å². The Morgan fingerprint density at radius 3 is 2.26 bits per heavy atom. The van der Waals surface area contributed by atoms with Crippen LogP contribution in [-0.2, 0) is 18.4 Å². The molecular formula is C32H30F2N2O2. The van der Waals surface area contributed by atoms with Crippen molar-refractivity contribution in [1.29, 1.82) is 0 Å². The molecule has 2 aromatic heterocycles. The predicted octanol–water partition coefficient (Wildman–Crippen LogP) is 6.75. The van der Waals surface area contributed by atoms with Crippen LogP contribution in [-0.4, -0.2) is 35.6 Å². The molecule has 0 fully saturated rings. The molecule has 0 spiro atoms. The number of nitrogens with zero attached hydrogens (tertiary/aromatic N) is 2. The maximum absolute atomic E-state index is 14.4. The van der Waals surface area contributed by atoms with Gasteiger partial charge in [-0.1, -0.05) is 48.5 Å². The smallest absolute Gasteiger partial charge is 0.152 e. The molecular weight excluding hydrogens is 482 g/mol. The van der Waals surface area contributed by atoms with Gasteiger partial charge in [0.25, 0.3) is 0 Å². The Hall–Kier alpha value is -3.87. The fourth-order valence-electron chi connectivity index (χ4n) is 4.99. The highest BCUT2D eigenvalue weighted by Crippen LogP contribution is 2.38. The molecule has 0 saturated heterocycles. The van der Waals surface area contributed by atoms with Crippen LogP contribution in [0.25, 0.3) is 22.4 Å². The van der Waals surface area contributed by atoms with Crippen LogP contribution in [0.1, 0.15) is 28.7 Å². The maximum atomic E-state index is 14.4. The first-order valence-corrected chi connectivity index (χ1v) is 12.6. The van der Waals surface area contributed by atoms with Gasteiger partial charge in [0, 0.05) is 30.8 Å². The summed E-state index contributed by atoms with van der Waals surface area (Å²) in [5, 5.41) is 13.1. The molecule has 194 valence electrons. The second kappa shape index (κ2) is 10.9. The lowest BCUT2D eigenvalue weighted by molar-refractivity contribution is 0.0208. The summed E-state index contributed by atoms with van der Waals surface area (Å²) in [5.41, 5.74) is 2.97. The van der Waals surface area contributed by atoms with Crippen LogP contribution >= 0.6 is 0 Å². The first-order chi connectivity index (χ1) is 18.3. The summed E-state index contributed by atoms with van der Waals surface area (Å²) < 4.78 is 34.6. The lowest BCUT2D eigenvalue weighted by atomic mass is 9.80. The summed E-state index contributed by atoms with van der Waals surface area (Å²) in [7, 11) is 3.81. The molecule has 1 N–H and O–H groups in total. The third-order valence-electron chi connectivity index (χ3n) is 6.93. The summed E-state index contributed by atoms with van der Waals surface area (Å²) in [5.74, 6) is -0.816. The van der Waals surface area contributed by atoms with Gasteiger partial charge in [0.15, 0.2) is 5.76 Å². The third kappa shape index (κ3) is 5.52. The minimum atomic E-state index is -1.54. The van der Waals surface area contributed by atoms with E-state index in [1.54, 1.807) is 6.26 Å². The van der Waals surface area contributed by atoms with Crippen molar-refractivity contribution in [3.05, 3.63) is 125 Å². The molecule has 0 aliphatic carbocycles. The van der Waals surface area contributed by atoms with E-state index >= 15 is 0 Å². The van der Waals surface area contributed by atoms with Gasteiger partial charge in [0.2, 0.25) is 0 Å². The lowest BCUT2D eigenvalue weighted by Gasteiger charge is -2.32. The number of pyridine rings is 1. The van der Waals surface area contributed by atoms with E-state index in [-0.39, 0.29) is 18.4 Å². The molecule has 1 atom stereocenters. The molecule has 6 heteroatoms. The number of fused-ring (bicyclic) bond motifs is 1. The highest BCUT2D eigenvalue weighted by molar-refractivity contribution is 5.87. The van der Waals surface area contributed by atoms with E-state index in [0.717, 1.165) is 33.7 Å². The van der Waals surface area contributed by atoms with Crippen molar-refractivity contribution in [2.45, 2.75) is 24.9 Å². The van der Waals surface area contributed by atoms with E-state index in [1.165, 1.54) is 12.1 Å². The van der Waals surface area contributed by atoms with Gasteiger partial charge in [-0.15, -0.1) is 0 Å². The van der Waals surface area contributed by atoms with Crippen molar-refractivity contribution in [3.8, 4) is 11.5 Å². The molecule has 0 aliphatic rings. The third-order valence-corrected chi connectivity index (χ3v) is 6.93. The maximum Gasteiger partial charge on any atom is 0.152 e. The lowest BCUT2D eigenvalue weighted by Crippen LogP contribution is -2.33. The highest BCUT2D eigenvalue weighted by atomic mass is 19.1. The average molecular weight is 513 g/mol. The Morgan fingerprint density at radius 1 is 0.868 bits per heavy atom. The SMILES string of the molecule is CN(C)CCC(O)(Cc1c(Cc2ccccc2)c(-c2ccco2)nc2ccccc12)c1cc(F)cc(F)c1. The Balaban J connectivity index is 1.75. The zero-order valence-electron chi connectivity index (χ0n) is 21.5. The molecule has 5 aromatic rings. The molecule has 3 aromatic carbocycles. The Morgan fingerprint density at radius 2 is 1.58 bits per heavy atom. The number of aromatic nitrogens is 1. The topological polar surface area (TPSA) is 49.5 Å². The number of halogens is 2. The second-order valence-electron chi connectivity index (χ2n) is 9.99. The zero-order chi connectivity index (χ0) is 26.7. The fraction of sp³-hybridized carbons (Fsp3) is 0.219. The summed E-state index contributed by atoms with van der Waals surface area (Å²) >= 11 is 0. The van der Waals surface area contributed by atoms with Gasteiger partial charge in [0.1, 0.15) is 17.3 Å². The van der Waals surface area contributed by atoms with E-state index < -0.39 is 17.2 Å². The molecule has 0 radical (unpaired) electrons. The van der Waals surface area contributed by atoms with E-state index in [1.807, 2.05) is 85.7 Å². The van der Waals surface area contributed by atoms with Gasteiger partial charge in [0.05, 0.1) is 17.4 Å². The summed E-state index contributed by atoms with van der Waals surface area (Å²) in [6.45, 7) is 0.525. The highest BCUT2D eigenvalue weighted by Gasteiger charge is 2.33. The number of benzene rings is 3. The fourth-order valence-corrected chi connectivity index (χ4v) is 4.99. The summed E-state index contributed by atoms with van der Waals surface area (Å²) in [6.07, 6.45) is 2.58. The van der Waals surface area contributed by atoms with Crippen molar-refractivity contribution < 1.29 is 18.3 Å². The monoisotopic (exact) mass is 512 g/mol. The molecule has 4 nitrogen and oxygen atoms in total. The van der Waals surface area contributed by atoms with E-state index in [2.05, 4.69) is 0 Å². The van der Waals surface area contributed by atoms with Crippen LogP contribution in [0.2, 0.25) is 0 Å². The normalized spacial score (nSPS) is 13.2. The van der Waals surface area contributed by atoms with Crippen molar-refractivity contribution in [1.82, 2.24) is 9.88 Å². The zero-order valence-corrected chi connectivity index (χ0v) is 21.5. The van der Waals surface area contributed by atoms with Crippen LogP contribution in [0, 0.1) is 11.6 Å². The van der Waals surface area contributed by atoms with Gasteiger partial charge in [-0.2, -0.15) is 0 Å². The molecule has 2 heterocycles. The molecule has 1 unspecified atom stereocenters. The van der Waals surface area contributed by atoms with Crippen LogP contribution in [0.3, 0.4) is 0 Å². The van der Waals surface area contributed by atoms with Crippen LogP contribution < -0.4 is 0 Å². The van der Waals surface area contributed by atoms with E-state index in [0.29, 0.717) is 24.4 Å². The molecule has 0 bridgehead atoms. The van der Waals surface area contributed by atoms with Crippen molar-refractivity contribution >= 4 is 10.9 Å². The second-order valence-corrected chi connectivity index (χ2v) is 9.99. The Labute approximate surface area is 221 Å². The van der Waals surface area contributed by atoms with Gasteiger partial charge < -0.3 is 14.4 Å². The first kappa shape index (κ1) is 25.8. The minimum Gasteiger partial charge on any atom is -0.463 e. The van der Waals surface area contributed by atoms with Gasteiger partial charge in [-0.3, -0.25) is 0 Å². The quantitative estimate of drug-likeness (QED) is 0.237. The predicted molar refractivity (Wildman–Crippen MR) is 146 cm³/mol. The minimum absolute atomic E-state index is 0.142. The molecule has 0 aliphatic heterocycles. The van der Waals surface area contributed by atoms with Crippen LogP contribution in [0.15, 0.2) is 95.6 Å². The molecule has 0 amide bonds. The Bertz CT molecular complexity index is 1510. The van der Waals surface area contributed by atoms with E-state index in [9.17, 15) is 13.9 Å². The number of rotatable bonds is 9. The van der Waals surface area contributed by atoms with Gasteiger partial charge >= 0.3 is 0 Å². The standard InChI is InChI=1S/C32H30F2N2O2/c1-36(2)15-14-32(37,23-18-24(33)20-25(34)19-23)21-28-26-11-6-7-12-29(26)35-31(30-13-8-16-38-30)27(28)17-22-9-4-3-5-10-22/h3-13,16,18-20,37H,14-15,17,21H2,1-2H3. The molecule has 0 saturated carbocycles. The van der Waals surface area contributed by atoms with Crippen molar-refractivity contribution in [2.75, 3.05) is 20.6 Å². The van der Waals surface area contributed by atoms with Gasteiger partial charge in [-0.05, 0) is 73.1 Å². The number of hydrogen-bond acceptors (Lipinski definition) is 4. The van der Waals surface area contributed by atoms with Crippen LogP contribution in [0.5, 0.6) is 0 Å². The van der Waals surface area contributed by atoms with Gasteiger partial charge in [-0.25, -0.2) is 13.8 Å². The number of hydrogen-bond donors (Lipinski definition) is 1. The molecule has 5 rings (SSSR count). The summed E-state index contributed by atoms with van der Waals surface area (Å²) in [4.78, 5) is 6.92. The largest absolute Gasteiger partial charge is 0.463 e. The van der Waals surface area contributed by atoms with Crippen molar-refractivity contribution in [3.63, 3.8) is 0 Å². The Kier molecular flexibility index (Phi) is 7.36. The average Bonchev–Trinajstić information content (AvgIpc) is 3.44. The summed E-state index contributed by atoms with van der Waals surface area (Å²) in [6, 6.07) is 24.8. The van der Waals surface area contributed by atoms with E-state index in [4.69, 9.17) is 9.40 Å².